The smallest absolute Gasteiger partial charge is 0.327 e. The molecule has 0 amide bonds. The summed E-state index contributed by atoms with van der Waals surface area (Å²) in [5, 5.41) is 0. The van der Waals surface area contributed by atoms with Crippen molar-refractivity contribution in [1.29, 1.82) is 0 Å². The maximum Gasteiger partial charge on any atom is 0.327 e. The van der Waals surface area contributed by atoms with Crippen LogP contribution in [0.1, 0.15) is 11.6 Å². The molecule has 1 atom stereocenters. The molecule has 0 unspecified atom stereocenters. The van der Waals surface area contributed by atoms with Gasteiger partial charge in [-0.3, -0.25) is 4.79 Å². The summed E-state index contributed by atoms with van der Waals surface area (Å²) in [6.45, 7) is 0. The minimum absolute atomic E-state index is 0. The van der Waals surface area contributed by atoms with Crippen LogP contribution in [0, 0.1) is 0 Å². The highest BCUT2D eigenvalue weighted by atomic mass is 79.9. The molecule has 0 aliphatic heterocycles. The molecule has 1 rings (SSSR count). The zero-order valence-corrected chi connectivity index (χ0v) is 11.9. The van der Waals surface area contributed by atoms with Gasteiger partial charge < -0.3 is 10.5 Å². The van der Waals surface area contributed by atoms with Crippen LogP contribution in [0.4, 0.5) is 0 Å². The van der Waals surface area contributed by atoms with E-state index in [1.165, 1.54) is 7.11 Å². The van der Waals surface area contributed by atoms with Gasteiger partial charge in [-0.05, 0) is 23.8 Å². The largest absolute Gasteiger partial charge is 0.468 e. The Kier molecular flexibility index (Phi) is 6.43. The normalized spacial score (nSPS) is 11.5. The van der Waals surface area contributed by atoms with Gasteiger partial charge in [0.1, 0.15) is 6.04 Å². The summed E-state index contributed by atoms with van der Waals surface area (Å²) >= 11 is 6.63. The van der Waals surface area contributed by atoms with Gasteiger partial charge in [-0.2, -0.15) is 0 Å². The first-order valence-corrected chi connectivity index (χ1v) is 5.42. The number of carbonyl (C=O) groups excluding carboxylic acids is 1. The van der Waals surface area contributed by atoms with E-state index in [2.05, 4.69) is 36.6 Å². The third-order valence-electron chi connectivity index (χ3n) is 1.70. The number of nitrogens with two attached hydrogens (primary N) is 1. The molecule has 0 aliphatic carbocycles. The van der Waals surface area contributed by atoms with Crippen LogP contribution in [0.2, 0.25) is 0 Å². The molecule has 0 aromatic heterocycles. The van der Waals surface area contributed by atoms with Gasteiger partial charge in [0, 0.05) is 8.95 Å². The monoisotopic (exact) mass is 357 g/mol. The third kappa shape index (κ3) is 4.10. The zero-order valence-electron chi connectivity index (χ0n) is 7.87. The number of hydrogen-bond donors (Lipinski definition) is 1. The quantitative estimate of drug-likeness (QED) is 0.826. The van der Waals surface area contributed by atoms with Crippen LogP contribution >= 0.6 is 44.3 Å². The Hall–Kier alpha value is -0.100. The standard InChI is InChI=1S/C9H9Br2NO2.ClH/c1-14-9(13)8(12)5-2-6(10)4-7(11)3-5;/h2-4,8H,12H2,1H3;1H/t8-;/m1./s1. The zero-order chi connectivity index (χ0) is 10.7. The van der Waals surface area contributed by atoms with Crippen molar-refractivity contribution in [2.24, 2.45) is 5.73 Å². The molecule has 6 heteroatoms. The van der Waals surface area contributed by atoms with Gasteiger partial charge in [-0.25, -0.2) is 0 Å². The maximum absolute atomic E-state index is 11.2. The molecule has 0 heterocycles. The Morgan fingerprint density at radius 3 is 2.20 bits per heavy atom. The van der Waals surface area contributed by atoms with E-state index in [0.29, 0.717) is 5.56 Å². The van der Waals surface area contributed by atoms with Crippen LogP contribution in [0.15, 0.2) is 27.1 Å². The van der Waals surface area contributed by atoms with Gasteiger partial charge in [0.25, 0.3) is 0 Å². The first-order chi connectivity index (χ1) is 6.54. The van der Waals surface area contributed by atoms with E-state index in [9.17, 15) is 4.79 Å². The Bertz CT molecular complexity index is 340. The molecule has 1 aromatic carbocycles. The Balaban J connectivity index is 0.00000196. The molecule has 0 saturated heterocycles. The number of esters is 1. The number of halogens is 3. The van der Waals surface area contributed by atoms with Crippen LogP contribution in [0.5, 0.6) is 0 Å². The number of methoxy groups -OCH3 is 1. The van der Waals surface area contributed by atoms with E-state index in [1.807, 2.05) is 6.07 Å². The van der Waals surface area contributed by atoms with Crippen molar-refractivity contribution in [3.63, 3.8) is 0 Å². The summed E-state index contributed by atoms with van der Waals surface area (Å²) in [5.74, 6) is -0.449. The molecule has 0 spiro atoms. The highest BCUT2D eigenvalue weighted by Crippen LogP contribution is 2.23. The van der Waals surface area contributed by atoms with Crippen molar-refractivity contribution in [3.05, 3.63) is 32.7 Å². The van der Waals surface area contributed by atoms with Crippen molar-refractivity contribution >= 4 is 50.2 Å². The summed E-state index contributed by atoms with van der Waals surface area (Å²) in [7, 11) is 1.31. The van der Waals surface area contributed by atoms with E-state index >= 15 is 0 Å². The Morgan fingerprint density at radius 1 is 1.33 bits per heavy atom. The van der Waals surface area contributed by atoms with Crippen molar-refractivity contribution in [1.82, 2.24) is 0 Å². The van der Waals surface area contributed by atoms with Crippen molar-refractivity contribution in [2.45, 2.75) is 6.04 Å². The molecular formula is C9H10Br2ClNO2. The lowest BCUT2D eigenvalue weighted by atomic mass is 10.1. The average Bonchev–Trinajstić information content (AvgIpc) is 2.14. The molecule has 0 aliphatic rings. The van der Waals surface area contributed by atoms with E-state index in [0.717, 1.165) is 8.95 Å². The Morgan fingerprint density at radius 2 is 1.80 bits per heavy atom. The predicted octanol–water partition coefficient (Wildman–Crippen LogP) is 2.81. The highest BCUT2D eigenvalue weighted by molar-refractivity contribution is 9.11. The van der Waals surface area contributed by atoms with Crippen LogP contribution in [0.25, 0.3) is 0 Å². The Labute approximate surface area is 111 Å². The SMILES string of the molecule is COC(=O)[C@H](N)c1cc(Br)cc(Br)c1.Cl. The summed E-state index contributed by atoms with van der Waals surface area (Å²) in [6.07, 6.45) is 0. The van der Waals surface area contributed by atoms with E-state index in [1.54, 1.807) is 12.1 Å². The molecule has 1 aromatic rings. The topological polar surface area (TPSA) is 52.3 Å². The predicted molar refractivity (Wildman–Crippen MR) is 68.0 cm³/mol. The molecule has 84 valence electrons. The van der Waals surface area contributed by atoms with E-state index in [-0.39, 0.29) is 12.4 Å². The fourth-order valence-corrected chi connectivity index (χ4v) is 2.35. The second-order valence-corrected chi connectivity index (χ2v) is 4.53. The molecule has 0 saturated carbocycles. The minimum atomic E-state index is -0.742. The fraction of sp³-hybridized carbons (Fsp3) is 0.222. The molecule has 15 heavy (non-hydrogen) atoms. The number of hydrogen-bond acceptors (Lipinski definition) is 3. The fourth-order valence-electron chi connectivity index (χ4n) is 1.02. The molecule has 0 radical (unpaired) electrons. The molecule has 0 fully saturated rings. The van der Waals surface area contributed by atoms with E-state index < -0.39 is 12.0 Å². The van der Waals surface area contributed by atoms with Crippen LogP contribution in [-0.2, 0) is 9.53 Å². The molecule has 0 bridgehead atoms. The molecular weight excluding hydrogens is 349 g/mol. The van der Waals surface area contributed by atoms with Crippen LogP contribution in [-0.4, -0.2) is 13.1 Å². The first kappa shape index (κ1) is 14.9. The second kappa shape index (κ2) is 6.48. The molecule has 3 nitrogen and oxygen atoms in total. The van der Waals surface area contributed by atoms with Gasteiger partial charge in [0.15, 0.2) is 0 Å². The first-order valence-electron chi connectivity index (χ1n) is 3.84. The van der Waals surface area contributed by atoms with Gasteiger partial charge >= 0.3 is 5.97 Å². The number of carbonyl (C=O) groups is 1. The number of rotatable bonds is 2. The van der Waals surface area contributed by atoms with Gasteiger partial charge in [0.2, 0.25) is 0 Å². The van der Waals surface area contributed by atoms with Crippen molar-refractivity contribution in [3.8, 4) is 0 Å². The van der Waals surface area contributed by atoms with Crippen LogP contribution < -0.4 is 5.73 Å². The summed E-state index contributed by atoms with van der Waals surface area (Å²) < 4.78 is 6.28. The molecule has 2 N–H and O–H groups in total. The summed E-state index contributed by atoms with van der Waals surface area (Å²) in [4.78, 5) is 11.2. The highest BCUT2D eigenvalue weighted by Gasteiger charge is 2.16. The lowest BCUT2D eigenvalue weighted by Gasteiger charge is -2.10. The van der Waals surface area contributed by atoms with Gasteiger partial charge in [-0.1, -0.05) is 31.9 Å². The third-order valence-corrected chi connectivity index (χ3v) is 2.61. The van der Waals surface area contributed by atoms with Gasteiger partial charge in [-0.15, -0.1) is 12.4 Å². The lowest BCUT2D eigenvalue weighted by Crippen LogP contribution is -2.22. The van der Waals surface area contributed by atoms with Crippen molar-refractivity contribution < 1.29 is 9.53 Å². The number of benzene rings is 1. The van der Waals surface area contributed by atoms with Crippen LogP contribution in [0.3, 0.4) is 0 Å². The number of ether oxygens (including phenoxy) is 1. The van der Waals surface area contributed by atoms with Gasteiger partial charge in [0.05, 0.1) is 7.11 Å². The van der Waals surface area contributed by atoms with E-state index in [4.69, 9.17) is 5.73 Å². The summed E-state index contributed by atoms with van der Waals surface area (Å²) in [6, 6.07) is 4.69. The average molecular weight is 359 g/mol. The lowest BCUT2D eigenvalue weighted by molar-refractivity contribution is -0.142. The minimum Gasteiger partial charge on any atom is -0.468 e. The van der Waals surface area contributed by atoms with Crippen molar-refractivity contribution in [2.75, 3.05) is 7.11 Å². The maximum atomic E-state index is 11.2. The second-order valence-electron chi connectivity index (χ2n) is 2.70. The summed E-state index contributed by atoms with van der Waals surface area (Å²) in [5.41, 5.74) is 6.38.